The van der Waals surface area contributed by atoms with E-state index in [1.807, 2.05) is 42.5 Å². The van der Waals surface area contributed by atoms with E-state index in [0.717, 1.165) is 6.42 Å². The molecule has 2 rings (SSSR count). The number of carbonyl (C=O) groups excluding carboxylic acids is 2. The van der Waals surface area contributed by atoms with Gasteiger partial charge in [0.15, 0.2) is 0 Å². The summed E-state index contributed by atoms with van der Waals surface area (Å²) < 4.78 is 5.82. The number of hydrogen-bond donors (Lipinski definition) is 2. The highest BCUT2D eigenvalue weighted by Crippen LogP contribution is 2.24. The van der Waals surface area contributed by atoms with Crippen molar-refractivity contribution in [3.63, 3.8) is 0 Å². The molecule has 0 atom stereocenters. The standard InChI is InChI=1S/C20H24N2O3/c21-19(23)12-6-7-13-20(24)22-17-10-4-5-11-18(17)25-15-14-16-8-2-1-3-9-16/h1-5,8-11H,6-7,12-15H2,(H2,21,23)(H,22,24). The van der Waals surface area contributed by atoms with E-state index in [2.05, 4.69) is 17.4 Å². The molecule has 2 aromatic rings. The largest absolute Gasteiger partial charge is 0.491 e. The number of benzene rings is 2. The van der Waals surface area contributed by atoms with Crippen molar-refractivity contribution in [2.75, 3.05) is 11.9 Å². The third kappa shape index (κ3) is 7.08. The van der Waals surface area contributed by atoms with Gasteiger partial charge in [0.2, 0.25) is 11.8 Å². The van der Waals surface area contributed by atoms with Crippen molar-refractivity contribution in [2.24, 2.45) is 5.73 Å². The van der Waals surface area contributed by atoms with E-state index in [0.29, 0.717) is 43.7 Å². The summed E-state index contributed by atoms with van der Waals surface area (Å²) in [5, 5.41) is 2.87. The van der Waals surface area contributed by atoms with Crippen LogP contribution < -0.4 is 15.8 Å². The molecule has 5 heteroatoms. The Bertz CT molecular complexity index is 686. The SMILES string of the molecule is NC(=O)CCCCC(=O)Nc1ccccc1OCCc1ccccc1. The van der Waals surface area contributed by atoms with E-state index in [4.69, 9.17) is 10.5 Å². The van der Waals surface area contributed by atoms with Gasteiger partial charge in [-0.1, -0.05) is 42.5 Å². The first-order valence-corrected chi connectivity index (χ1v) is 8.49. The zero-order chi connectivity index (χ0) is 17.9. The van der Waals surface area contributed by atoms with Gasteiger partial charge < -0.3 is 15.8 Å². The second-order valence-electron chi connectivity index (χ2n) is 5.80. The molecule has 25 heavy (non-hydrogen) atoms. The lowest BCUT2D eigenvalue weighted by molar-refractivity contribution is -0.119. The number of nitrogens with one attached hydrogen (secondary N) is 1. The highest BCUT2D eigenvalue weighted by molar-refractivity contribution is 5.92. The summed E-state index contributed by atoms with van der Waals surface area (Å²) in [5.74, 6) is 0.227. The molecule has 3 N–H and O–H groups in total. The number of primary amides is 1. The number of para-hydroxylation sites is 2. The van der Waals surface area contributed by atoms with Gasteiger partial charge in [0, 0.05) is 19.3 Å². The Morgan fingerprint density at radius 2 is 1.60 bits per heavy atom. The first-order valence-electron chi connectivity index (χ1n) is 8.49. The average Bonchev–Trinajstić information content (AvgIpc) is 2.61. The second kappa shape index (κ2) is 10.1. The topological polar surface area (TPSA) is 81.4 Å². The van der Waals surface area contributed by atoms with Crippen molar-refractivity contribution in [1.29, 1.82) is 0 Å². The monoisotopic (exact) mass is 340 g/mol. The lowest BCUT2D eigenvalue weighted by atomic mass is 10.1. The van der Waals surface area contributed by atoms with Crippen molar-refractivity contribution in [1.82, 2.24) is 0 Å². The molecule has 0 unspecified atom stereocenters. The van der Waals surface area contributed by atoms with Gasteiger partial charge >= 0.3 is 0 Å². The van der Waals surface area contributed by atoms with Gasteiger partial charge in [-0.05, 0) is 30.5 Å². The van der Waals surface area contributed by atoms with Crippen LogP contribution in [0.1, 0.15) is 31.2 Å². The fraction of sp³-hybridized carbons (Fsp3) is 0.300. The summed E-state index contributed by atoms with van der Waals surface area (Å²) in [5.41, 5.74) is 6.95. The molecule has 2 amide bonds. The van der Waals surface area contributed by atoms with Crippen molar-refractivity contribution in [3.05, 3.63) is 60.2 Å². The third-order valence-corrected chi connectivity index (χ3v) is 3.73. The van der Waals surface area contributed by atoms with Crippen molar-refractivity contribution < 1.29 is 14.3 Å². The number of unbranched alkanes of at least 4 members (excludes halogenated alkanes) is 1. The summed E-state index contributed by atoms with van der Waals surface area (Å²) in [6, 6.07) is 17.5. The zero-order valence-corrected chi connectivity index (χ0v) is 14.2. The molecule has 0 saturated carbocycles. The maximum absolute atomic E-state index is 12.0. The van der Waals surface area contributed by atoms with Crippen LogP contribution in [0.3, 0.4) is 0 Å². The Labute approximate surface area is 148 Å². The molecule has 0 bridgehead atoms. The van der Waals surface area contributed by atoms with Gasteiger partial charge in [-0.25, -0.2) is 0 Å². The first-order chi connectivity index (χ1) is 12.1. The maximum atomic E-state index is 12.0. The van der Waals surface area contributed by atoms with Crippen LogP contribution in [0.15, 0.2) is 54.6 Å². The smallest absolute Gasteiger partial charge is 0.224 e. The fourth-order valence-corrected chi connectivity index (χ4v) is 2.42. The van der Waals surface area contributed by atoms with Crippen molar-refractivity contribution in [2.45, 2.75) is 32.1 Å². The molecular weight excluding hydrogens is 316 g/mol. The molecular formula is C20H24N2O3. The third-order valence-electron chi connectivity index (χ3n) is 3.73. The molecule has 0 heterocycles. The molecule has 2 aromatic carbocycles. The molecule has 0 fully saturated rings. The Morgan fingerprint density at radius 3 is 2.36 bits per heavy atom. The van der Waals surface area contributed by atoms with Crippen molar-refractivity contribution in [3.8, 4) is 5.75 Å². The molecule has 0 aliphatic carbocycles. The number of amides is 2. The second-order valence-corrected chi connectivity index (χ2v) is 5.80. The van der Waals surface area contributed by atoms with E-state index in [1.165, 1.54) is 5.56 Å². The molecule has 0 aliphatic heterocycles. The van der Waals surface area contributed by atoms with Crippen LogP contribution in [0.4, 0.5) is 5.69 Å². The normalized spacial score (nSPS) is 10.2. The molecule has 5 nitrogen and oxygen atoms in total. The summed E-state index contributed by atoms with van der Waals surface area (Å²) in [6.07, 6.45) is 2.72. The minimum absolute atomic E-state index is 0.0939. The lowest BCUT2D eigenvalue weighted by Crippen LogP contribution is -2.14. The fourth-order valence-electron chi connectivity index (χ4n) is 2.42. The van der Waals surface area contributed by atoms with Crippen LogP contribution in [0.5, 0.6) is 5.75 Å². The van der Waals surface area contributed by atoms with Gasteiger partial charge in [-0.15, -0.1) is 0 Å². The number of carbonyl (C=O) groups is 2. The minimum atomic E-state index is -0.336. The van der Waals surface area contributed by atoms with E-state index in [9.17, 15) is 9.59 Å². The number of hydrogen-bond acceptors (Lipinski definition) is 3. The van der Waals surface area contributed by atoms with Crippen LogP contribution >= 0.6 is 0 Å². The van der Waals surface area contributed by atoms with Crippen LogP contribution in [0.25, 0.3) is 0 Å². The highest BCUT2D eigenvalue weighted by Gasteiger charge is 2.08. The Kier molecular flexibility index (Phi) is 7.50. The highest BCUT2D eigenvalue weighted by atomic mass is 16.5. The number of rotatable bonds is 10. The van der Waals surface area contributed by atoms with Gasteiger partial charge in [0.1, 0.15) is 5.75 Å². The molecule has 0 aromatic heterocycles. The van der Waals surface area contributed by atoms with Gasteiger partial charge in [-0.2, -0.15) is 0 Å². The Hall–Kier alpha value is -2.82. The molecule has 0 spiro atoms. The summed E-state index contributed by atoms with van der Waals surface area (Å²) >= 11 is 0. The van der Waals surface area contributed by atoms with E-state index < -0.39 is 0 Å². The maximum Gasteiger partial charge on any atom is 0.224 e. The van der Waals surface area contributed by atoms with E-state index >= 15 is 0 Å². The lowest BCUT2D eigenvalue weighted by Gasteiger charge is -2.12. The summed E-state index contributed by atoms with van der Waals surface area (Å²) in [4.78, 5) is 22.7. The van der Waals surface area contributed by atoms with Crippen LogP contribution in [-0.2, 0) is 16.0 Å². The number of nitrogens with two attached hydrogens (primary N) is 1. The summed E-state index contributed by atoms with van der Waals surface area (Å²) in [7, 11) is 0. The van der Waals surface area contributed by atoms with Gasteiger partial charge in [-0.3, -0.25) is 9.59 Å². The molecule has 0 radical (unpaired) electrons. The van der Waals surface area contributed by atoms with Crippen LogP contribution in [-0.4, -0.2) is 18.4 Å². The van der Waals surface area contributed by atoms with Crippen LogP contribution in [0.2, 0.25) is 0 Å². The molecule has 0 aliphatic rings. The Morgan fingerprint density at radius 1 is 0.920 bits per heavy atom. The number of ether oxygens (including phenoxy) is 1. The quantitative estimate of drug-likeness (QED) is 0.651. The number of anilines is 1. The predicted molar refractivity (Wildman–Crippen MR) is 98.4 cm³/mol. The van der Waals surface area contributed by atoms with Gasteiger partial charge in [0.05, 0.1) is 12.3 Å². The van der Waals surface area contributed by atoms with E-state index in [-0.39, 0.29) is 11.8 Å². The van der Waals surface area contributed by atoms with E-state index in [1.54, 1.807) is 0 Å². The minimum Gasteiger partial charge on any atom is -0.491 e. The average molecular weight is 340 g/mol. The predicted octanol–water partition coefficient (Wildman–Crippen LogP) is 3.29. The molecule has 0 saturated heterocycles. The Balaban J connectivity index is 1.80. The van der Waals surface area contributed by atoms with Gasteiger partial charge in [0.25, 0.3) is 0 Å². The zero-order valence-electron chi connectivity index (χ0n) is 14.2. The summed E-state index contributed by atoms with van der Waals surface area (Å²) in [6.45, 7) is 0.537. The van der Waals surface area contributed by atoms with Crippen LogP contribution in [0, 0.1) is 0 Å². The van der Waals surface area contributed by atoms with Crippen molar-refractivity contribution >= 4 is 17.5 Å². The molecule has 132 valence electrons. The first kappa shape index (κ1) is 18.5.